The molecule has 10 nitrogen and oxygen atoms in total. The third kappa shape index (κ3) is 5.44. The van der Waals surface area contributed by atoms with Crippen molar-refractivity contribution in [2.24, 2.45) is 7.05 Å². The Hall–Kier alpha value is -4.05. The second-order valence-electron chi connectivity index (χ2n) is 7.95. The fraction of sp³-hybridized carbons (Fsp3) is 0.391. The van der Waals surface area contributed by atoms with Crippen LogP contribution in [0.4, 0.5) is 19.1 Å². The third-order valence-electron chi connectivity index (χ3n) is 5.47. The summed E-state index contributed by atoms with van der Waals surface area (Å²) in [4.78, 5) is 41.9. The van der Waals surface area contributed by atoms with Crippen molar-refractivity contribution >= 4 is 23.1 Å². The van der Waals surface area contributed by atoms with E-state index in [1.165, 1.54) is 11.6 Å². The van der Waals surface area contributed by atoms with Crippen molar-refractivity contribution in [3.63, 3.8) is 0 Å². The molecule has 1 aliphatic heterocycles. The van der Waals surface area contributed by atoms with E-state index in [1.54, 1.807) is 6.92 Å². The number of carboxylic acids is 1. The predicted octanol–water partition coefficient (Wildman–Crippen LogP) is 1.26. The summed E-state index contributed by atoms with van der Waals surface area (Å²) in [5.41, 5.74) is 1.76. The number of carboxylic acid groups (broad SMARTS) is 1. The summed E-state index contributed by atoms with van der Waals surface area (Å²) in [6, 6.07) is 7.62. The van der Waals surface area contributed by atoms with Gasteiger partial charge in [-0.1, -0.05) is 23.6 Å². The van der Waals surface area contributed by atoms with Gasteiger partial charge in [-0.3, -0.25) is 13.9 Å². The van der Waals surface area contributed by atoms with Crippen molar-refractivity contribution in [3.8, 4) is 17.5 Å². The topological polar surface area (TPSA) is 114 Å². The maximum Gasteiger partial charge on any atom is 0.490 e. The molecule has 4 rings (SSSR count). The number of hydrogen-bond acceptors (Lipinski definition) is 6. The first-order valence-corrected chi connectivity index (χ1v) is 10.9. The smallest absolute Gasteiger partial charge is 0.475 e. The number of benzene rings is 1. The number of imidazole rings is 1. The average Bonchev–Trinajstić information content (AvgIpc) is 3.22. The maximum atomic E-state index is 13.1. The molecule has 1 saturated heterocycles. The molecule has 1 fully saturated rings. The Labute approximate surface area is 203 Å². The van der Waals surface area contributed by atoms with E-state index >= 15 is 0 Å². The van der Waals surface area contributed by atoms with Gasteiger partial charge in [-0.05, 0) is 26.0 Å². The molecule has 3 aromatic rings. The molecular weight excluding hydrogens is 481 g/mol. The molecule has 0 saturated carbocycles. The minimum Gasteiger partial charge on any atom is -0.475 e. The molecule has 36 heavy (non-hydrogen) atoms. The lowest BCUT2D eigenvalue weighted by Gasteiger charge is -2.28. The molecule has 192 valence electrons. The Bertz CT molecular complexity index is 1440. The van der Waals surface area contributed by atoms with Crippen LogP contribution in [0.2, 0.25) is 0 Å². The molecule has 0 amide bonds. The largest absolute Gasteiger partial charge is 0.490 e. The summed E-state index contributed by atoms with van der Waals surface area (Å²) in [6.07, 6.45) is -5.08. The van der Waals surface area contributed by atoms with Crippen LogP contribution in [0.5, 0.6) is 0 Å². The van der Waals surface area contributed by atoms with E-state index in [-0.39, 0.29) is 5.56 Å². The van der Waals surface area contributed by atoms with Crippen molar-refractivity contribution in [2.45, 2.75) is 26.6 Å². The number of aromatic nitrogens is 4. The van der Waals surface area contributed by atoms with Gasteiger partial charge in [0.1, 0.15) is 0 Å². The number of halogens is 3. The first-order chi connectivity index (χ1) is 17.0. The molecule has 13 heteroatoms. The summed E-state index contributed by atoms with van der Waals surface area (Å²) in [7, 11) is 1.50. The van der Waals surface area contributed by atoms with Crippen molar-refractivity contribution in [2.75, 3.05) is 31.1 Å². The molecule has 1 aromatic carbocycles. The molecule has 0 radical (unpaired) electrons. The number of carbonyl (C=O) groups is 1. The van der Waals surface area contributed by atoms with Crippen LogP contribution in [0, 0.1) is 18.8 Å². The number of hydrogen-bond donors (Lipinski definition) is 2. The zero-order chi connectivity index (χ0) is 26.6. The van der Waals surface area contributed by atoms with Gasteiger partial charge in [-0.25, -0.2) is 14.2 Å². The fourth-order valence-electron chi connectivity index (χ4n) is 3.62. The maximum absolute atomic E-state index is 13.1. The van der Waals surface area contributed by atoms with E-state index in [2.05, 4.69) is 22.1 Å². The number of aliphatic carboxylic acids is 1. The van der Waals surface area contributed by atoms with Crippen LogP contribution in [-0.4, -0.2) is 62.1 Å². The second-order valence-corrected chi connectivity index (χ2v) is 7.95. The standard InChI is InChI=1S/C21H24N6O2.C2HF3O2/c1-4-5-12-26-17-18(23-20(26)25-13-10-22-11-14-25)27(21(29)24(3)19(17)28)16-8-6-15(2)7-9-16;3-2(4,5)1(6)7/h6-9,22H,10-14H2,1-3H3;(H,6,7). The fourth-order valence-corrected chi connectivity index (χ4v) is 3.62. The average molecular weight is 506 g/mol. The molecule has 1 aliphatic rings. The van der Waals surface area contributed by atoms with Crippen LogP contribution >= 0.6 is 0 Å². The van der Waals surface area contributed by atoms with Gasteiger partial charge in [0.2, 0.25) is 5.95 Å². The molecule has 0 bridgehead atoms. The summed E-state index contributed by atoms with van der Waals surface area (Å²) in [5.74, 6) is 3.85. The lowest BCUT2D eigenvalue weighted by atomic mass is 10.2. The molecule has 0 unspecified atom stereocenters. The molecule has 3 heterocycles. The number of fused-ring (bicyclic) bond motifs is 1. The van der Waals surface area contributed by atoms with Gasteiger partial charge in [0, 0.05) is 33.2 Å². The van der Waals surface area contributed by atoms with Crippen LogP contribution in [-0.2, 0) is 18.4 Å². The molecular formula is C23H25F3N6O4. The SMILES string of the molecule is CC#CCn1c(N2CCNCC2)nc2c1c(=O)n(C)c(=O)n2-c1ccc(C)cc1.O=C(O)C(F)(F)F. The van der Waals surface area contributed by atoms with Gasteiger partial charge >= 0.3 is 17.8 Å². The van der Waals surface area contributed by atoms with Gasteiger partial charge < -0.3 is 15.3 Å². The Morgan fingerprint density at radius 3 is 2.28 bits per heavy atom. The Morgan fingerprint density at radius 1 is 1.17 bits per heavy atom. The van der Waals surface area contributed by atoms with Gasteiger partial charge in [-0.2, -0.15) is 18.2 Å². The van der Waals surface area contributed by atoms with E-state index in [0.29, 0.717) is 29.3 Å². The number of anilines is 1. The highest BCUT2D eigenvalue weighted by Gasteiger charge is 2.38. The van der Waals surface area contributed by atoms with Crippen LogP contribution in [0.15, 0.2) is 33.9 Å². The molecule has 0 atom stereocenters. The Morgan fingerprint density at radius 2 is 1.75 bits per heavy atom. The Kier molecular flexibility index (Phi) is 7.89. The van der Waals surface area contributed by atoms with Crippen molar-refractivity contribution < 1.29 is 23.1 Å². The highest BCUT2D eigenvalue weighted by molar-refractivity contribution is 5.77. The number of aryl methyl sites for hydroxylation is 1. The first-order valence-electron chi connectivity index (χ1n) is 10.9. The van der Waals surface area contributed by atoms with E-state index in [4.69, 9.17) is 14.9 Å². The molecule has 2 N–H and O–H groups in total. The quantitative estimate of drug-likeness (QED) is 0.514. The monoisotopic (exact) mass is 506 g/mol. The summed E-state index contributed by atoms with van der Waals surface area (Å²) in [6.45, 7) is 7.33. The highest BCUT2D eigenvalue weighted by atomic mass is 19.4. The second kappa shape index (κ2) is 10.7. The first kappa shape index (κ1) is 26.6. The summed E-state index contributed by atoms with van der Waals surface area (Å²) >= 11 is 0. The van der Waals surface area contributed by atoms with E-state index in [0.717, 1.165) is 36.3 Å². The third-order valence-corrected chi connectivity index (χ3v) is 5.47. The summed E-state index contributed by atoms with van der Waals surface area (Å²) < 4.78 is 36.2. The molecule has 2 aromatic heterocycles. The Balaban J connectivity index is 0.000000454. The van der Waals surface area contributed by atoms with E-state index < -0.39 is 17.8 Å². The van der Waals surface area contributed by atoms with Crippen LogP contribution in [0.3, 0.4) is 0 Å². The highest BCUT2D eigenvalue weighted by Crippen LogP contribution is 2.22. The zero-order valence-electron chi connectivity index (χ0n) is 19.9. The van der Waals surface area contributed by atoms with Gasteiger partial charge in [0.15, 0.2) is 11.2 Å². The minimum absolute atomic E-state index is 0.341. The lowest BCUT2D eigenvalue weighted by molar-refractivity contribution is -0.192. The van der Waals surface area contributed by atoms with Gasteiger partial charge in [0.05, 0.1) is 12.2 Å². The van der Waals surface area contributed by atoms with Crippen LogP contribution < -0.4 is 21.5 Å². The van der Waals surface area contributed by atoms with Crippen LogP contribution in [0.1, 0.15) is 12.5 Å². The number of piperazine rings is 1. The van der Waals surface area contributed by atoms with Crippen molar-refractivity contribution in [3.05, 3.63) is 50.7 Å². The normalized spacial score (nSPS) is 13.6. The van der Waals surface area contributed by atoms with E-state index in [9.17, 15) is 22.8 Å². The zero-order valence-corrected chi connectivity index (χ0v) is 19.9. The van der Waals surface area contributed by atoms with Crippen LogP contribution in [0.25, 0.3) is 16.9 Å². The van der Waals surface area contributed by atoms with Crippen molar-refractivity contribution in [1.29, 1.82) is 0 Å². The number of alkyl halides is 3. The van der Waals surface area contributed by atoms with Gasteiger partial charge in [-0.15, -0.1) is 5.92 Å². The lowest BCUT2D eigenvalue weighted by Crippen LogP contribution is -2.44. The minimum atomic E-state index is -5.08. The number of nitrogens with one attached hydrogen (secondary N) is 1. The number of nitrogens with zero attached hydrogens (tertiary/aromatic N) is 5. The van der Waals surface area contributed by atoms with Crippen molar-refractivity contribution in [1.82, 2.24) is 24.0 Å². The number of rotatable bonds is 3. The predicted molar refractivity (Wildman–Crippen MR) is 128 cm³/mol. The van der Waals surface area contributed by atoms with E-state index in [1.807, 2.05) is 35.8 Å². The summed E-state index contributed by atoms with van der Waals surface area (Å²) in [5, 5.41) is 10.5. The van der Waals surface area contributed by atoms with Gasteiger partial charge in [0.25, 0.3) is 5.56 Å². The molecule has 0 aliphatic carbocycles. The molecule has 0 spiro atoms.